The number of nitrogens with zero attached hydrogens (tertiary/aromatic N) is 5. The van der Waals surface area contributed by atoms with Crippen LogP contribution in [0, 0.1) is 17.1 Å². The molecule has 2 heterocycles. The topological polar surface area (TPSA) is 131 Å². The summed E-state index contributed by atoms with van der Waals surface area (Å²) in [7, 11) is 0. The van der Waals surface area contributed by atoms with Gasteiger partial charge in [-0.25, -0.2) is 19.0 Å². The van der Waals surface area contributed by atoms with Crippen molar-refractivity contribution < 1.29 is 4.39 Å². The van der Waals surface area contributed by atoms with Crippen molar-refractivity contribution in [3.8, 4) is 11.8 Å². The summed E-state index contributed by atoms with van der Waals surface area (Å²) in [6, 6.07) is 4.97. The van der Waals surface area contributed by atoms with Gasteiger partial charge in [0.05, 0.1) is 28.5 Å². The van der Waals surface area contributed by atoms with Gasteiger partial charge in [-0.3, -0.25) is 0 Å². The van der Waals surface area contributed by atoms with E-state index in [2.05, 4.69) is 27.0 Å². The van der Waals surface area contributed by atoms with Gasteiger partial charge in [0, 0.05) is 11.9 Å². The second-order valence-corrected chi connectivity index (χ2v) is 6.49. The highest BCUT2D eigenvalue weighted by Crippen LogP contribution is 2.31. The standard InChI is InChI=1S/C19H16ClFN8/c1-10(2)3-16(26-9-23)27-19-13-8-29(28-17(13)15(21)7-25-19)18-11(6-22)4-12(24)5-14(18)20/h3-5,7-9H,1,24H2,2H3,(H2,23,26)(H,25,27)/b16-3+. The Labute approximate surface area is 170 Å². The molecule has 0 bridgehead atoms. The number of nitriles is 1. The molecule has 1 aromatic carbocycles. The summed E-state index contributed by atoms with van der Waals surface area (Å²) in [5.74, 6) is 0.00865. The van der Waals surface area contributed by atoms with Gasteiger partial charge in [0.25, 0.3) is 0 Å². The van der Waals surface area contributed by atoms with Gasteiger partial charge in [-0.05, 0) is 25.1 Å². The van der Waals surface area contributed by atoms with Gasteiger partial charge >= 0.3 is 0 Å². The molecule has 0 saturated carbocycles. The number of fused-ring (bicyclic) bond motifs is 1. The number of benzene rings is 1. The molecule has 0 amide bonds. The van der Waals surface area contributed by atoms with Crippen molar-refractivity contribution in [1.29, 1.82) is 5.26 Å². The molecule has 3 aromatic rings. The number of hydrogen-bond donors (Lipinski definition) is 3. The summed E-state index contributed by atoms with van der Waals surface area (Å²) < 4.78 is 15.7. The predicted molar refractivity (Wildman–Crippen MR) is 112 cm³/mol. The number of nitrogens with two attached hydrogens (primary N) is 2. The van der Waals surface area contributed by atoms with Crippen LogP contribution in [0.4, 0.5) is 15.9 Å². The molecule has 0 unspecified atom stereocenters. The highest BCUT2D eigenvalue weighted by molar-refractivity contribution is 6.33. The average molecular weight is 411 g/mol. The van der Waals surface area contributed by atoms with Crippen LogP contribution in [0.5, 0.6) is 0 Å². The van der Waals surface area contributed by atoms with Crippen molar-refractivity contribution in [2.24, 2.45) is 10.7 Å². The largest absolute Gasteiger partial charge is 0.399 e. The van der Waals surface area contributed by atoms with Crippen LogP contribution in [-0.2, 0) is 0 Å². The average Bonchev–Trinajstić information content (AvgIpc) is 3.09. The van der Waals surface area contributed by atoms with Crippen molar-refractivity contribution in [1.82, 2.24) is 14.8 Å². The van der Waals surface area contributed by atoms with Gasteiger partial charge in [0.15, 0.2) is 5.82 Å². The molecule has 8 nitrogen and oxygen atoms in total. The number of pyridine rings is 1. The summed E-state index contributed by atoms with van der Waals surface area (Å²) in [5, 5.41) is 17.2. The molecular weight excluding hydrogens is 395 g/mol. The molecule has 0 spiro atoms. The molecule has 3 rings (SSSR count). The van der Waals surface area contributed by atoms with Gasteiger partial charge in [-0.2, -0.15) is 10.4 Å². The predicted octanol–water partition coefficient (Wildman–Crippen LogP) is 3.48. The Morgan fingerprint density at radius 1 is 1.48 bits per heavy atom. The van der Waals surface area contributed by atoms with Crippen LogP contribution < -0.4 is 16.8 Å². The minimum Gasteiger partial charge on any atom is -0.399 e. The summed E-state index contributed by atoms with van der Waals surface area (Å²) in [6.45, 7) is 5.58. The molecule has 0 aliphatic carbocycles. The maximum absolute atomic E-state index is 14.4. The van der Waals surface area contributed by atoms with Crippen LogP contribution >= 0.6 is 11.6 Å². The van der Waals surface area contributed by atoms with Crippen molar-refractivity contribution in [3.63, 3.8) is 0 Å². The van der Waals surface area contributed by atoms with E-state index in [0.717, 1.165) is 18.1 Å². The van der Waals surface area contributed by atoms with Crippen molar-refractivity contribution >= 4 is 40.3 Å². The lowest BCUT2D eigenvalue weighted by Crippen LogP contribution is -2.03. The van der Waals surface area contributed by atoms with E-state index in [1.54, 1.807) is 13.0 Å². The Morgan fingerprint density at radius 3 is 2.90 bits per heavy atom. The Bertz CT molecular complexity index is 1220. The number of nitrogen functional groups attached to an aromatic ring is 1. The highest BCUT2D eigenvalue weighted by atomic mass is 35.5. The molecule has 0 aliphatic heterocycles. The molecule has 0 saturated heterocycles. The van der Waals surface area contributed by atoms with E-state index in [0.29, 0.717) is 16.9 Å². The summed E-state index contributed by atoms with van der Waals surface area (Å²) in [4.78, 5) is 8.09. The van der Waals surface area contributed by atoms with Crippen molar-refractivity contribution in [3.05, 3.63) is 65.0 Å². The summed E-state index contributed by atoms with van der Waals surface area (Å²) in [6.07, 6.45) is 5.30. The summed E-state index contributed by atoms with van der Waals surface area (Å²) in [5.41, 5.74) is 12.7. The number of aliphatic imine (C=N–C) groups is 1. The van der Waals surface area contributed by atoms with E-state index in [4.69, 9.17) is 23.1 Å². The van der Waals surface area contributed by atoms with Crippen LogP contribution in [0.1, 0.15) is 12.5 Å². The van der Waals surface area contributed by atoms with Crippen molar-refractivity contribution in [2.45, 2.75) is 6.92 Å². The smallest absolute Gasteiger partial charge is 0.169 e. The first kappa shape index (κ1) is 19.9. The third kappa shape index (κ3) is 4.02. The van der Waals surface area contributed by atoms with E-state index < -0.39 is 5.82 Å². The zero-order valence-electron chi connectivity index (χ0n) is 15.3. The first-order valence-electron chi connectivity index (χ1n) is 8.26. The summed E-state index contributed by atoms with van der Waals surface area (Å²) >= 11 is 6.27. The Balaban J connectivity index is 2.19. The minimum atomic E-state index is -0.637. The molecule has 2 aromatic heterocycles. The molecule has 0 aliphatic rings. The molecular formula is C19H16ClFN8. The number of nitrogens with one attached hydrogen (secondary N) is 1. The third-order valence-corrected chi connectivity index (χ3v) is 4.07. The van der Waals surface area contributed by atoms with E-state index in [1.807, 2.05) is 6.07 Å². The van der Waals surface area contributed by atoms with Gasteiger partial charge in [-0.1, -0.05) is 23.8 Å². The normalized spacial score (nSPS) is 11.7. The lowest BCUT2D eigenvalue weighted by Gasteiger charge is -2.08. The Kier molecular flexibility index (Phi) is 5.47. The maximum Gasteiger partial charge on any atom is 0.169 e. The minimum absolute atomic E-state index is 0.0330. The van der Waals surface area contributed by atoms with Crippen molar-refractivity contribution in [2.75, 3.05) is 11.1 Å². The third-order valence-electron chi connectivity index (χ3n) is 3.78. The molecule has 0 radical (unpaired) electrons. The molecule has 10 heteroatoms. The van der Waals surface area contributed by atoms with Gasteiger partial charge in [0.2, 0.25) is 0 Å². The number of aromatic nitrogens is 3. The van der Waals surface area contributed by atoms with Gasteiger partial charge in [0.1, 0.15) is 28.9 Å². The van der Waals surface area contributed by atoms with Gasteiger partial charge in [-0.15, -0.1) is 0 Å². The fraction of sp³-hybridized carbons (Fsp3) is 0.0526. The zero-order valence-corrected chi connectivity index (χ0v) is 16.1. The van der Waals surface area contributed by atoms with E-state index in [-0.39, 0.29) is 27.6 Å². The van der Waals surface area contributed by atoms with Crippen LogP contribution in [0.25, 0.3) is 16.6 Å². The first-order valence-corrected chi connectivity index (χ1v) is 8.63. The monoisotopic (exact) mass is 410 g/mol. The second-order valence-electron chi connectivity index (χ2n) is 6.08. The molecule has 29 heavy (non-hydrogen) atoms. The fourth-order valence-electron chi connectivity index (χ4n) is 2.67. The molecule has 0 fully saturated rings. The van der Waals surface area contributed by atoms with Crippen LogP contribution in [0.2, 0.25) is 5.02 Å². The fourth-order valence-corrected chi connectivity index (χ4v) is 2.98. The van der Waals surface area contributed by atoms with Crippen LogP contribution in [0.3, 0.4) is 0 Å². The SMILES string of the molecule is C=C(C)/C=C(\N=CN)Nc1ncc(F)c2nn(-c3c(Cl)cc(N)cc3C#N)cc12. The molecule has 0 atom stereocenters. The number of rotatable bonds is 5. The number of anilines is 2. The number of allylic oxidation sites excluding steroid dienone is 2. The maximum atomic E-state index is 14.4. The van der Waals surface area contributed by atoms with Crippen LogP contribution in [-0.4, -0.2) is 21.1 Å². The quantitative estimate of drug-likeness (QED) is 0.255. The molecule has 146 valence electrons. The molecule has 5 N–H and O–H groups in total. The van der Waals surface area contributed by atoms with Crippen LogP contribution in [0.15, 0.2) is 53.6 Å². The lowest BCUT2D eigenvalue weighted by molar-refractivity contribution is 0.629. The van der Waals surface area contributed by atoms with E-state index in [1.165, 1.54) is 23.0 Å². The lowest BCUT2D eigenvalue weighted by atomic mass is 10.1. The first-order chi connectivity index (χ1) is 13.8. The highest BCUT2D eigenvalue weighted by Gasteiger charge is 2.17. The number of halogens is 2. The van der Waals surface area contributed by atoms with Gasteiger partial charge < -0.3 is 16.8 Å². The second kappa shape index (κ2) is 8.00. The number of hydrogen-bond acceptors (Lipinski definition) is 6. The zero-order chi connectivity index (χ0) is 21.1. The van der Waals surface area contributed by atoms with E-state index in [9.17, 15) is 9.65 Å². The Morgan fingerprint density at radius 2 is 2.24 bits per heavy atom. The van der Waals surface area contributed by atoms with E-state index >= 15 is 0 Å². The Hall–Kier alpha value is -3.90.